The molecule has 0 aromatic heterocycles. The van der Waals surface area contributed by atoms with Gasteiger partial charge in [-0.15, -0.1) is 0 Å². The fourth-order valence-corrected chi connectivity index (χ4v) is 2.70. The van der Waals surface area contributed by atoms with E-state index in [1.165, 1.54) is 0 Å². The molecule has 0 radical (unpaired) electrons. The number of nitro groups is 1. The molecular formula is C15H25N3O2S. The third kappa shape index (κ3) is 5.55. The molecule has 1 aromatic rings. The highest BCUT2D eigenvalue weighted by Crippen LogP contribution is 2.26. The minimum absolute atomic E-state index is 0.152. The molecule has 118 valence electrons. The number of hydrogen-bond donors (Lipinski definition) is 1. The number of nitro benzene ring substituents is 1. The van der Waals surface area contributed by atoms with Gasteiger partial charge in [0.1, 0.15) is 5.69 Å². The minimum Gasteiger partial charge on any atom is -0.380 e. The van der Waals surface area contributed by atoms with Crippen LogP contribution in [0.2, 0.25) is 0 Å². The van der Waals surface area contributed by atoms with Crippen LogP contribution in [-0.4, -0.2) is 41.5 Å². The second-order valence-corrected chi connectivity index (χ2v) is 6.17. The SMILES string of the molecule is CCNc1ccc(CN(C)C(C)CCSC)cc1[N+](=O)[O-]. The molecule has 0 aliphatic rings. The normalized spacial score (nSPS) is 12.4. The lowest BCUT2D eigenvalue weighted by atomic mass is 10.1. The van der Waals surface area contributed by atoms with Gasteiger partial charge in [0.15, 0.2) is 0 Å². The standard InChI is InChI=1S/C15H25N3O2S/c1-5-16-14-7-6-13(10-15(14)18(19)20)11-17(3)12(2)8-9-21-4/h6-7,10,12,16H,5,8-9,11H2,1-4H3. The molecule has 1 N–H and O–H groups in total. The monoisotopic (exact) mass is 311 g/mol. The van der Waals surface area contributed by atoms with Crippen LogP contribution in [0.15, 0.2) is 18.2 Å². The van der Waals surface area contributed by atoms with Gasteiger partial charge in [-0.1, -0.05) is 6.07 Å². The van der Waals surface area contributed by atoms with Crippen molar-refractivity contribution in [2.75, 3.05) is 30.9 Å². The number of benzene rings is 1. The van der Waals surface area contributed by atoms with Gasteiger partial charge < -0.3 is 5.32 Å². The van der Waals surface area contributed by atoms with Gasteiger partial charge in [-0.25, -0.2) is 0 Å². The fourth-order valence-electron chi connectivity index (χ4n) is 2.12. The quantitative estimate of drug-likeness (QED) is 0.558. The molecule has 6 heteroatoms. The van der Waals surface area contributed by atoms with E-state index in [9.17, 15) is 10.1 Å². The molecule has 21 heavy (non-hydrogen) atoms. The number of anilines is 1. The Morgan fingerprint density at radius 3 is 2.76 bits per heavy atom. The van der Waals surface area contributed by atoms with E-state index in [1.54, 1.807) is 12.1 Å². The smallest absolute Gasteiger partial charge is 0.292 e. The van der Waals surface area contributed by atoms with E-state index in [-0.39, 0.29) is 10.6 Å². The van der Waals surface area contributed by atoms with Gasteiger partial charge in [0.2, 0.25) is 0 Å². The first-order chi connectivity index (χ1) is 9.99. The van der Waals surface area contributed by atoms with Gasteiger partial charge in [0, 0.05) is 25.2 Å². The van der Waals surface area contributed by atoms with Crippen LogP contribution in [0.1, 0.15) is 25.8 Å². The van der Waals surface area contributed by atoms with E-state index in [2.05, 4.69) is 30.4 Å². The lowest BCUT2D eigenvalue weighted by molar-refractivity contribution is -0.384. The van der Waals surface area contributed by atoms with Crippen LogP contribution in [0.4, 0.5) is 11.4 Å². The summed E-state index contributed by atoms with van der Waals surface area (Å²) in [6, 6.07) is 5.90. The molecule has 0 saturated heterocycles. The molecule has 0 aliphatic carbocycles. The summed E-state index contributed by atoms with van der Waals surface area (Å²) in [5, 5.41) is 14.2. The van der Waals surface area contributed by atoms with Crippen molar-refractivity contribution in [3.63, 3.8) is 0 Å². The van der Waals surface area contributed by atoms with Crippen LogP contribution in [-0.2, 0) is 6.54 Å². The Labute approximate surface area is 131 Å². The number of thioether (sulfide) groups is 1. The van der Waals surface area contributed by atoms with Gasteiger partial charge in [-0.05, 0) is 51.0 Å². The highest BCUT2D eigenvalue weighted by molar-refractivity contribution is 7.98. The van der Waals surface area contributed by atoms with Crippen LogP contribution in [0.3, 0.4) is 0 Å². The van der Waals surface area contributed by atoms with Gasteiger partial charge in [-0.2, -0.15) is 11.8 Å². The second kappa shape index (κ2) is 8.89. The fraction of sp³-hybridized carbons (Fsp3) is 0.600. The zero-order valence-corrected chi connectivity index (χ0v) is 14.1. The molecule has 0 fully saturated rings. The number of nitrogens with one attached hydrogen (secondary N) is 1. The summed E-state index contributed by atoms with van der Waals surface area (Å²) in [4.78, 5) is 13.1. The molecule has 1 atom stereocenters. The molecule has 0 aliphatic heterocycles. The predicted octanol–water partition coefficient (Wildman–Crippen LogP) is 3.60. The van der Waals surface area contributed by atoms with Crippen molar-refractivity contribution in [3.05, 3.63) is 33.9 Å². The summed E-state index contributed by atoms with van der Waals surface area (Å²) < 4.78 is 0. The number of hydrogen-bond acceptors (Lipinski definition) is 5. The van der Waals surface area contributed by atoms with Crippen molar-refractivity contribution >= 4 is 23.1 Å². The maximum absolute atomic E-state index is 11.2. The van der Waals surface area contributed by atoms with Crippen LogP contribution in [0, 0.1) is 10.1 Å². The van der Waals surface area contributed by atoms with Crippen LogP contribution in [0.25, 0.3) is 0 Å². The van der Waals surface area contributed by atoms with E-state index >= 15 is 0 Å². The summed E-state index contributed by atoms with van der Waals surface area (Å²) in [5.74, 6) is 1.13. The summed E-state index contributed by atoms with van der Waals surface area (Å²) in [6.07, 6.45) is 3.23. The molecule has 1 unspecified atom stereocenters. The van der Waals surface area contributed by atoms with Crippen molar-refractivity contribution in [1.29, 1.82) is 0 Å². The highest BCUT2D eigenvalue weighted by atomic mass is 32.2. The third-order valence-corrected chi connectivity index (χ3v) is 4.19. The van der Waals surface area contributed by atoms with E-state index in [0.717, 1.165) is 24.3 Å². The molecule has 5 nitrogen and oxygen atoms in total. The van der Waals surface area contributed by atoms with Gasteiger partial charge >= 0.3 is 0 Å². The molecule has 0 saturated carbocycles. The maximum atomic E-state index is 11.2. The minimum atomic E-state index is -0.321. The molecule has 1 rings (SSSR count). The van der Waals surface area contributed by atoms with Gasteiger partial charge in [0.25, 0.3) is 5.69 Å². The van der Waals surface area contributed by atoms with Crippen molar-refractivity contribution in [2.24, 2.45) is 0 Å². The molecule has 1 aromatic carbocycles. The van der Waals surface area contributed by atoms with Crippen LogP contribution >= 0.6 is 11.8 Å². The van der Waals surface area contributed by atoms with E-state index < -0.39 is 0 Å². The summed E-state index contributed by atoms with van der Waals surface area (Å²) in [5.41, 5.74) is 1.71. The predicted molar refractivity (Wildman–Crippen MR) is 91.2 cm³/mol. The second-order valence-electron chi connectivity index (χ2n) is 5.18. The highest BCUT2D eigenvalue weighted by Gasteiger charge is 2.16. The van der Waals surface area contributed by atoms with Gasteiger partial charge in [0.05, 0.1) is 4.92 Å². The zero-order valence-electron chi connectivity index (χ0n) is 13.3. The summed E-state index contributed by atoms with van der Waals surface area (Å²) in [6.45, 7) is 5.52. The number of rotatable bonds is 9. The topological polar surface area (TPSA) is 58.4 Å². The van der Waals surface area contributed by atoms with Crippen molar-refractivity contribution in [2.45, 2.75) is 32.9 Å². The summed E-state index contributed by atoms with van der Waals surface area (Å²) in [7, 11) is 2.06. The Hall–Kier alpha value is -1.27. The van der Waals surface area contributed by atoms with E-state index in [1.807, 2.05) is 24.8 Å². The average molecular weight is 311 g/mol. The number of nitrogens with zero attached hydrogens (tertiary/aromatic N) is 2. The largest absolute Gasteiger partial charge is 0.380 e. The maximum Gasteiger partial charge on any atom is 0.292 e. The molecular weight excluding hydrogens is 286 g/mol. The molecule has 0 bridgehead atoms. The van der Waals surface area contributed by atoms with Crippen molar-refractivity contribution in [1.82, 2.24) is 4.90 Å². The lowest BCUT2D eigenvalue weighted by Gasteiger charge is -2.24. The van der Waals surface area contributed by atoms with Crippen molar-refractivity contribution < 1.29 is 4.92 Å². The van der Waals surface area contributed by atoms with Gasteiger partial charge in [-0.3, -0.25) is 15.0 Å². The molecule has 0 amide bonds. The first-order valence-electron chi connectivity index (χ1n) is 7.20. The van der Waals surface area contributed by atoms with Crippen LogP contribution in [0.5, 0.6) is 0 Å². The van der Waals surface area contributed by atoms with E-state index in [4.69, 9.17) is 0 Å². The Kier molecular flexibility index (Phi) is 7.53. The third-order valence-electron chi connectivity index (χ3n) is 3.55. The van der Waals surface area contributed by atoms with E-state index in [0.29, 0.717) is 18.3 Å². The average Bonchev–Trinajstić information content (AvgIpc) is 2.46. The first kappa shape index (κ1) is 17.8. The zero-order chi connectivity index (χ0) is 15.8. The summed E-state index contributed by atoms with van der Waals surface area (Å²) >= 11 is 1.84. The van der Waals surface area contributed by atoms with Crippen LogP contribution < -0.4 is 5.32 Å². The first-order valence-corrected chi connectivity index (χ1v) is 8.59. The Morgan fingerprint density at radius 2 is 2.19 bits per heavy atom. The van der Waals surface area contributed by atoms with Crippen molar-refractivity contribution in [3.8, 4) is 0 Å². The lowest BCUT2D eigenvalue weighted by Crippen LogP contribution is -2.29. The molecule has 0 spiro atoms. The Balaban J connectivity index is 2.79. The molecule has 0 heterocycles. The Morgan fingerprint density at radius 1 is 1.48 bits per heavy atom. The Bertz CT molecular complexity index is 468.